The first-order valence-electron chi connectivity index (χ1n) is 5.79. The molecule has 0 aliphatic heterocycles. The number of amides is 1. The molecule has 6 nitrogen and oxygen atoms in total. The fourth-order valence-corrected chi connectivity index (χ4v) is 1.69. The summed E-state index contributed by atoms with van der Waals surface area (Å²) in [6.07, 6.45) is 1.02. The second-order valence-electron chi connectivity index (χ2n) is 4.34. The summed E-state index contributed by atoms with van der Waals surface area (Å²) in [5, 5.41) is 18.2. The number of carbonyl (C=O) groups is 2. The highest BCUT2D eigenvalue weighted by Gasteiger charge is 2.19. The van der Waals surface area contributed by atoms with E-state index in [9.17, 15) is 14.7 Å². The van der Waals surface area contributed by atoms with Gasteiger partial charge in [-0.2, -0.15) is 0 Å². The van der Waals surface area contributed by atoms with Crippen LogP contribution in [-0.2, 0) is 0 Å². The molecule has 0 saturated carbocycles. The Morgan fingerprint density at radius 1 is 1.25 bits per heavy atom. The third-order valence-electron chi connectivity index (χ3n) is 2.93. The number of hydrogen-bond acceptors (Lipinski definition) is 4. The van der Waals surface area contributed by atoms with Crippen molar-refractivity contribution >= 4 is 17.6 Å². The van der Waals surface area contributed by atoms with Crippen molar-refractivity contribution in [2.24, 2.45) is 0 Å². The van der Waals surface area contributed by atoms with Gasteiger partial charge in [0.1, 0.15) is 12.0 Å². The highest BCUT2D eigenvalue weighted by Crippen LogP contribution is 2.24. The van der Waals surface area contributed by atoms with E-state index in [1.807, 2.05) is 0 Å². The minimum absolute atomic E-state index is 0.0596. The van der Waals surface area contributed by atoms with Crippen LogP contribution in [0.1, 0.15) is 26.5 Å². The average molecular weight is 275 g/mol. The number of aryl methyl sites for hydroxylation is 1. The number of carbonyl (C=O) groups excluding carboxylic acids is 1. The van der Waals surface area contributed by atoms with Gasteiger partial charge < -0.3 is 19.5 Å². The topological polar surface area (TPSA) is 91.0 Å². The summed E-state index contributed by atoms with van der Waals surface area (Å²) in [6, 6.07) is 5.89. The SMILES string of the molecule is Cc1cc(N(C)C(=O)c2cc(C(=O)O)co2)ccc1O. The zero-order chi connectivity index (χ0) is 14.9. The van der Waals surface area contributed by atoms with Crippen molar-refractivity contribution in [3.63, 3.8) is 0 Å². The summed E-state index contributed by atoms with van der Waals surface area (Å²) in [7, 11) is 1.54. The molecule has 6 heteroatoms. The lowest BCUT2D eigenvalue weighted by Gasteiger charge is -2.16. The Morgan fingerprint density at radius 2 is 1.95 bits per heavy atom. The van der Waals surface area contributed by atoms with Gasteiger partial charge in [-0.1, -0.05) is 0 Å². The molecule has 0 unspecified atom stereocenters. The van der Waals surface area contributed by atoms with E-state index in [1.54, 1.807) is 19.1 Å². The van der Waals surface area contributed by atoms with E-state index in [4.69, 9.17) is 9.52 Å². The first-order chi connectivity index (χ1) is 9.40. The van der Waals surface area contributed by atoms with E-state index in [0.717, 1.165) is 6.26 Å². The summed E-state index contributed by atoms with van der Waals surface area (Å²) < 4.78 is 4.96. The molecule has 0 saturated heterocycles. The molecule has 0 atom stereocenters. The van der Waals surface area contributed by atoms with Crippen molar-refractivity contribution in [2.45, 2.75) is 6.92 Å². The predicted molar refractivity (Wildman–Crippen MR) is 71.2 cm³/mol. The number of anilines is 1. The van der Waals surface area contributed by atoms with E-state index in [2.05, 4.69) is 0 Å². The fourth-order valence-electron chi connectivity index (χ4n) is 1.69. The van der Waals surface area contributed by atoms with E-state index in [0.29, 0.717) is 11.3 Å². The Labute approximate surface area is 114 Å². The molecular weight excluding hydrogens is 262 g/mol. The van der Waals surface area contributed by atoms with Gasteiger partial charge in [-0.15, -0.1) is 0 Å². The number of hydrogen-bond donors (Lipinski definition) is 2. The van der Waals surface area contributed by atoms with Crippen LogP contribution in [0, 0.1) is 6.92 Å². The second-order valence-corrected chi connectivity index (χ2v) is 4.34. The third kappa shape index (κ3) is 2.49. The Kier molecular flexibility index (Phi) is 3.47. The molecule has 0 spiro atoms. The molecule has 2 rings (SSSR count). The standard InChI is InChI=1S/C14H13NO5/c1-8-5-10(3-4-11(8)16)15(2)13(17)12-6-9(7-20-12)14(18)19/h3-7,16H,1-2H3,(H,18,19). The number of carboxylic acid groups (broad SMARTS) is 1. The molecule has 20 heavy (non-hydrogen) atoms. The number of benzene rings is 1. The molecule has 0 radical (unpaired) electrons. The Balaban J connectivity index is 2.27. The lowest BCUT2D eigenvalue weighted by Crippen LogP contribution is -2.25. The van der Waals surface area contributed by atoms with Crippen LogP contribution in [-0.4, -0.2) is 29.1 Å². The lowest BCUT2D eigenvalue weighted by atomic mass is 10.2. The van der Waals surface area contributed by atoms with Crippen LogP contribution in [0.15, 0.2) is 34.9 Å². The first-order valence-corrected chi connectivity index (χ1v) is 5.79. The molecule has 2 aromatic rings. The van der Waals surface area contributed by atoms with E-state index in [1.165, 1.54) is 24.1 Å². The van der Waals surface area contributed by atoms with Crippen LogP contribution < -0.4 is 4.90 Å². The normalized spacial score (nSPS) is 10.3. The van der Waals surface area contributed by atoms with Gasteiger partial charge in [0.2, 0.25) is 0 Å². The van der Waals surface area contributed by atoms with E-state index < -0.39 is 11.9 Å². The summed E-state index contributed by atoms with van der Waals surface area (Å²) in [5.41, 5.74) is 1.12. The second kappa shape index (κ2) is 5.08. The van der Waals surface area contributed by atoms with Crippen LogP contribution in [0.2, 0.25) is 0 Å². The Morgan fingerprint density at radius 3 is 2.50 bits per heavy atom. The highest BCUT2D eigenvalue weighted by molar-refractivity contribution is 6.05. The number of phenolic OH excluding ortho intramolecular Hbond substituents is 1. The smallest absolute Gasteiger partial charge is 0.338 e. The van der Waals surface area contributed by atoms with Gasteiger partial charge in [-0.3, -0.25) is 4.79 Å². The summed E-state index contributed by atoms with van der Waals surface area (Å²) in [4.78, 5) is 24.2. The number of rotatable bonds is 3. The van der Waals surface area contributed by atoms with E-state index >= 15 is 0 Å². The van der Waals surface area contributed by atoms with Crippen molar-refractivity contribution in [2.75, 3.05) is 11.9 Å². The van der Waals surface area contributed by atoms with Gasteiger partial charge >= 0.3 is 5.97 Å². The predicted octanol–water partition coefficient (Wildman–Crippen LogP) is 2.27. The van der Waals surface area contributed by atoms with Crippen molar-refractivity contribution in [3.05, 3.63) is 47.4 Å². The third-order valence-corrected chi connectivity index (χ3v) is 2.93. The molecule has 0 bridgehead atoms. The number of furan rings is 1. The monoisotopic (exact) mass is 275 g/mol. The summed E-state index contributed by atoms with van der Waals surface area (Å²) >= 11 is 0. The van der Waals surface area contributed by atoms with Crippen molar-refractivity contribution < 1.29 is 24.2 Å². The molecule has 1 aromatic heterocycles. The summed E-state index contributed by atoms with van der Waals surface area (Å²) in [5.74, 6) is -1.55. The molecule has 0 aliphatic rings. The maximum absolute atomic E-state index is 12.2. The zero-order valence-electron chi connectivity index (χ0n) is 11.0. The molecule has 1 amide bonds. The molecule has 1 heterocycles. The van der Waals surface area contributed by atoms with Crippen molar-refractivity contribution in [1.82, 2.24) is 0 Å². The molecule has 104 valence electrons. The molecule has 2 N–H and O–H groups in total. The Hall–Kier alpha value is -2.76. The number of nitrogens with zero attached hydrogens (tertiary/aromatic N) is 1. The van der Waals surface area contributed by atoms with Crippen LogP contribution in [0.3, 0.4) is 0 Å². The lowest BCUT2D eigenvalue weighted by molar-refractivity contribution is 0.0696. The molecule has 0 aliphatic carbocycles. The van der Waals surface area contributed by atoms with Gasteiger partial charge in [0.25, 0.3) is 5.91 Å². The minimum atomic E-state index is -1.16. The Bertz CT molecular complexity index is 674. The van der Waals surface area contributed by atoms with Gasteiger partial charge in [-0.25, -0.2) is 4.79 Å². The van der Waals surface area contributed by atoms with Crippen molar-refractivity contribution in [1.29, 1.82) is 0 Å². The van der Waals surface area contributed by atoms with Gasteiger partial charge in [0, 0.05) is 18.8 Å². The number of aromatic hydroxyl groups is 1. The van der Waals surface area contributed by atoms with Gasteiger partial charge in [-0.05, 0) is 30.7 Å². The zero-order valence-corrected chi connectivity index (χ0v) is 11.0. The number of carboxylic acids is 1. The first kappa shape index (κ1) is 13.7. The van der Waals surface area contributed by atoms with Gasteiger partial charge in [0.15, 0.2) is 5.76 Å². The van der Waals surface area contributed by atoms with Crippen LogP contribution >= 0.6 is 0 Å². The fraction of sp³-hybridized carbons (Fsp3) is 0.143. The van der Waals surface area contributed by atoms with Crippen LogP contribution in [0.5, 0.6) is 5.75 Å². The highest BCUT2D eigenvalue weighted by atomic mass is 16.4. The molecule has 1 aromatic carbocycles. The minimum Gasteiger partial charge on any atom is -0.508 e. The van der Waals surface area contributed by atoms with E-state index in [-0.39, 0.29) is 17.1 Å². The van der Waals surface area contributed by atoms with Crippen molar-refractivity contribution in [3.8, 4) is 5.75 Å². The van der Waals surface area contributed by atoms with Gasteiger partial charge in [0.05, 0.1) is 5.56 Å². The number of phenols is 1. The van der Waals surface area contributed by atoms with Crippen LogP contribution in [0.4, 0.5) is 5.69 Å². The average Bonchev–Trinajstić information content (AvgIpc) is 2.90. The van der Waals surface area contributed by atoms with Crippen LogP contribution in [0.25, 0.3) is 0 Å². The maximum Gasteiger partial charge on any atom is 0.338 e. The molecular formula is C14H13NO5. The quantitative estimate of drug-likeness (QED) is 0.896. The summed E-state index contributed by atoms with van der Waals surface area (Å²) in [6.45, 7) is 1.71. The number of aromatic carboxylic acids is 1. The molecule has 0 fully saturated rings. The largest absolute Gasteiger partial charge is 0.508 e. The maximum atomic E-state index is 12.2.